The summed E-state index contributed by atoms with van der Waals surface area (Å²) in [6.07, 6.45) is 1.19. The predicted molar refractivity (Wildman–Crippen MR) is 77.4 cm³/mol. The molecule has 0 aromatic carbocycles. The van der Waals surface area contributed by atoms with Gasteiger partial charge in [-0.15, -0.1) is 11.3 Å². The molecule has 0 aliphatic rings. The lowest BCUT2D eigenvalue weighted by atomic mass is 9.87. The second-order valence-corrected chi connectivity index (χ2v) is 7.80. The van der Waals surface area contributed by atoms with Crippen LogP contribution in [-0.2, 0) is 5.41 Å². The van der Waals surface area contributed by atoms with Gasteiger partial charge in [0, 0.05) is 10.3 Å². The molecule has 0 radical (unpaired) electrons. The first-order chi connectivity index (χ1) is 7.42. The molecule has 1 nitrogen and oxygen atoms in total. The lowest BCUT2D eigenvalue weighted by Crippen LogP contribution is -2.27. The summed E-state index contributed by atoms with van der Waals surface area (Å²) >= 11 is 5.38. The van der Waals surface area contributed by atoms with E-state index < -0.39 is 0 Å². The molecule has 0 aliphatic carbocycles. The van der Waals surface area contributed by atoms with Crippen LogP contribution in [-0.4, -0.2) is 13.1 Å². The third-order valence-corrected chi connectivity index (χ3v) is 4.71. The van der Waals surface area contributed by atoms with Gasteiger partial charge in [-0.2, -0.15) is 0 Å². The van der Waals surface area contributed by atoms with Gasteiger partial charge < -0.3 is 5.32 Å². The topological polar surface area (TPSA) is 12.0 Å². The standard InChI is InChI=1S/C13H22BrNS/c1-10(2)9-15-8-7-13(3,4)11-5-6-12(14)16-11/h5-6,10,15H,7-9H2,1-4H3. The minimum atomic E-state index is 0.278. The molecule has 1 aromatic rings. The Morgan fingerprint density at radius 3 is 2.56 bits per heavy atom. The van der Waals surface area contributed by atoms with E-state index in [2.05, 4.69) is 61.1 Å². The summed E-state index contributed by atoms with van der Waals surface area (Å²) in [6, 6.07) is 4.38. The number of thiophene rings is 1. The summed E-state index contributed by atoms with van der Waals surface area (Å²) in [7, 11) is 0. The normalized spacial score (nSPS) is 12.4. The van der Waals surface area contributed by atoms with E-state index in [4.69, 9.17) is 0 Å². The molecule has 0 fully saturated rings. The maximum atomic E-state index is 3.53. The Hall–Kier alpha value is 0.140. The van der Waals surface area contributed by atoms with Crippen molar-refractivity contribution in [3.05, 3.63) is 20.8 Å². The second-order valence-electron chi connectivity index (χ2n) is 5.34. The summed E-state index contributed by atoms with van der Waals surface area (Å²) in [5.74, 6) is 0.735. The van der Waals surface area contributed by atoms with E-state index in [0.717, 1.165) is 19.0 Å². The highest BCUT2D eigenvalue weighted by atomic mass is 79.9. The second kappa shape index (κ2) is 6.18. The zero-order chi connectivity index (χ0) is 12.2. The van der Waals surface area contributed by atoms with Gasteiger partial charge in [0.2, 0.25) is 0 Å². The number of halogens is 1. The maximum Gasteiger partial charge on any atom is 0.0701 e. The molecule has 1 rings (SSSR count). The fourth-order valence-corrected chi connectivity index (χ4v) is 3.11. The Kier molecular flexibility index (Phi) is 5.48. The number of rotatable bonds is 6. The van der Waals surface area contributed by atoms with Crippen molar-refractivity contribution in [2.75, 3.05) is 13.1 Å². The Bertz CT molecular complexity index is 317. The first kappa shape index (κ1) is 14.2. The zero-order valence-corrected chi connectivity index (χ0v) is 13.0. The summed E-state index contributed by atoms with van der Waals surface area (Å²) in [5.41, 5.74) is 0.278. The molecule has 0 bridgehead atoms. The SMILES string of the molecule is CC(C)CNCCC(C)(C)c1ccc(Br)s1. The van der Waals surface area contributed by atoms with E-state index in [1.807, 2.05) is 11.3 Å². The molecule has 16 heavy (non-hydrogen) atoms. The summed E-state index contributed by atoms with van der Waals surface area (Å²) in [4.78, 5) is 1.46. The van der Waals surface area contributed by atoms with Gasteiger partial charge in [0.25, 0.3) is 0 Å². The molecule has 1 heterocycles. The molecular weight excluding hydrogens is 282 g/mol. The highest BCUT2D eigenvalue weighted by Gasteiger charge is 2.21. The van der Waals surface area contributed by atoms with Crippen molar-refractivity contribution >= 4 is 27.3 Å². The Labute approximate surface area is 112 Å². The third-order valence-electron chi connectivity index (χ3n) is 2.72. The van der Waals surface area contributed by atoms with Crippen LogP contribution in [0.15, 0.2) is 15.9 Å². The van der Waals surface area contributed by atoms with Crippen LogP contribution in [0.4, 0.5) is 0 Å². The van der Waals surface area contributed by atoms with Gasteiger partial charge in [-0.3, -0.25) is 0 Å². The van der Waals surface area contributed by atoms with Crippen LogP contribution in [0, 0.1) is 5.92 Å². The van der Waals surface area contributed by atoms with Crippen LogP contribution in [0.5, 0.6) is 0 Å². The molecule has 1 aromatic heterocycles. The summed E-state index contributed by atoms with van der Waals surface area (Å²) < 4.78 is 1.23. The minimum Gasteiger partial charge on any atom is -0.316 e. The molecule has 0 unspecified atom stereocenters. The van der Waals surface area contributed by atoms with Gasteiger partial charge in [0.1, 0.15) is 0 Å². The van der Waals surface area contributed by atoms with Crippen LogP contribution in [0.3, 0.4) is 0 Å². The van der Waals surface area contributed by atoms with Gasteiger partial charge in [0.15, 0.2) is 0 Å². The Morgan fingerprint density at radius 2 is 2.06 bits per heavy atom. The molecule has 92 valence electrons. The molecule has 0 saturated carbocycles. The van der Waals surface area contributed by atoms with E-state index >= 15 is 0 Å². The Morgan fingerprint density at radius 1 is 1.38 bits per heavy atom. The van der Waals surface area contributed by atoms with Crippen LogP contribution in [0.25, 0.3) is 0 Å². The minimum absolute atomic E-state index is 0.278. The van der Waals surface area contributed by atoms with Crippen molar-refractivity contribution in [3.8, 4) is 0 Å². The van der Waals surface area contributed by atoms with E-state index in [1.165, 1.54) is 15.1 Å². The molecule has 0 atom stereocenters. The van der Waals surface area contributed by atoms with Crippen LogP contribution in [0.2, 0.25) is 0 Å². The van der Waals surface area contributed by atoms with Crippen molar-refractivity contribution in [3.63, 3.8) is 0 Å². The van der Waals surface area contributed by atoms with Gasteiger partial charge >= 0.3 is 0 Å². The molecule has 0 spiro atoms. The monoisotopic (exact) mass is 303 g/mol. The lowest BCUT2D eigenvalue weighted by molar-refractivity contribution is 0.448. The zero-order valence-electron chi connectivity index (χ0n) is 10.6. The first-order valence-corrected chi connectivity index (χ1v) is 7.49. The van der Waals surface area contributed by atoms with Gasteiger partial charge in [0.05, 0.1) is 3.79 Å². The lowest BCUT2D eigenvalue weighted by Gasteiger charge is -2.23. The third kappa shape index (κ3) is 4.56. The maximum absolute atomic E-state index is 3.53. The largest absolute Gasteiger partial charge is 0.316 e. The van der Waals surface area contributed by atoms with Crippen molar-refractivity contribution in [2.24, 2.45) is 5.92 Å². The number of nitrogens with one attached hydrogen (secondary N) is 1. The first-order valence-electron chi connectivity index (χ1n) is 5.88. The molecule has 3 heteroatoms. The van der Waals surface area contributed by atoms with E-state index in [-0.39, 0.29) is 5.41 Å². The van der Waals surface area contributed by atoms with Gasteiger partial charge in [-0.05, 0) is 53.5 Å². The van der Waals surface area contributed by atoms with Crippen molar-refractivity contribution in [2.45, 2.75) is 39.5 Å². The van der Waals surface area contributed by atoms with Crippen LogP contribution >= 0.6 is 27.3 Å². The molecule has 0 amide bonds. The van der Waals surface area contributed by atoms with E-state index in [0.29, 0.717) is 0 Å². The fourth-order valence-electron chi connectivity index (χ4n) is 1.59. The van der Waals surface area contributed by atoms with Crippen molar-refractivity contribution in [1.29, 1.82) is 0 Å². The molecule has 0 aliphatic heterocycles. The van der Waals surface area contributed by atoms with Crippen LogP contribution < -0.4 is 5.32 Å². The molecule has 0 saturated heterocycles. The summed E-state index contributed by atoms with van der Waals surface area (Å²) in [5, 5.41) is 3.51. The van der Waals surface area contributed by atoms with Crippen molar-refractivity contribution in [1.82, 2.24) is 5.32 Å². The smallest absolute Gasteiger partial charge is 0.0701 e. The quantitative estimate of drug-likeness (QED) is 0.767. The van der Waals surface area contributed by atoms with E-state index in [9.17, 15) is 0 Å². The fraction of sp³-hybridized carbons (Fsp3) is 0.692. The van der Waals surface area contributed by atoms with Gasteiger partial charge in [-0.1, -0.05) is 27.7 Å². The number of hydrogen-bond donors (Lipinski definition) is 1. The highest BCUT2D eigenvalue weighted by molar-refractivity contribution is 9.11. The Balaban J connectivity index is 2.40. The predicted octanol–water partition coefficient (Wildman–Crippen LogP) is 4.42. The van der Waals surface area contributed by atoms with E-state index in [1.54, 1.807) is 0 Å². The average molecular weight is 304 g/mol. The molecule has 1 N–H and O–H groups in total. The van der Waals surface area contributed by atoms with Gasteiger partial charge in [-0.25, -0.2) is 0 Å². The van der Waals surface area contributed by atoms with Crippen molar-refractivity contribution < 1.29 is 0 Å². The summed E-state index contributed by atoms with van der Waals surface area (Å²) in [6.45, 7) is 11.3. The van der Waals surface area contributed by atoms with Crippen LogP contribution in [0.1, 0.15) is 39.0 Å². The number of hydrogen-bond acceptors (Lipinski definition) is 2. The molecular formula is C13H22BrNS. The highest BCUT2D eigenvalue weighted by Crippen LogP contribution is 2.34. The average Bonchev–Trinajstić information content (AvgIpc) is 2.60.